The second-order valence-electron chi connectivity index (χ2n) is 6.10. The van der Waals surface area contributed by atoms with Crippen LogP contribution in [0.4, 0.5) is 0 Å². The summed E-state index contributed by atoms with van der Waals surface area (Å²) in [5.41, 5.74) is 2.86. The molecule has 0 spiro atoms. The Bertz CT molecular complexity index is 807. The van der Waals surface area contributed by atoms with Crippen LogP contribution >= 0.6 is 11.3 Å². The van der Waals surface area contributed by atoms with Gasteiger partial charge in [0.05, 0.1) is 13.2 Å². The summed E-state index contributed by atoms with van der Waals surface area (Å²) in [7, 11) is 0. The summed E-state index contributed by atoms with van der Waals surface area (Å²) in [4.78, 5) is 25.4. The van der Waals surface area contributed by atoms with Crippen LogP contribution in [0.2, 0.25) is 0 Å². The Morgan fingerprint density at radius 3 is 2.69 bits per heavy atom. The molecule has 4 nitrogen and oxygen atoms in total. The first-order valence-corrected chi connectivity index (χ1v) is 9.75. The molecule has 1 heterocycles. The highest BCUT2D eigenvalue weighted by molar-refractivity contribution is 7.08. The van der Waals surface area contributed by atoms with Crippen molar-refractivity contribution in [2.24, 2.45) is 5.92 Å². The van der Waals surface area contributed by atoms with Gasteiger partial charge in [0.15, 0.2) is 5.78 Å². The molecule has 0 fully saturated rings. The third kappa shape index (κ3) is 3.73. The molecule has 1 aromatic heterocycles. The van der Waals surface area contributed by atoms with E-state index in [9.17, 15) is 9.59 Å². The van der Waals surface area contributed by atoms with E-state index >= 15 is 0 Å². The van der Waals surface area contributed by atoms with E-state index in [4.69, 9.17) is 9.47 Å². The van der Waals surface area contributed by atoms with Gasteiger partial charge in [-0.3, -0.25) is 9.59 Å². The van der Waals surface area contributed by atoms with Gasteiger partial charge in [-0.2, -0.15) is 11.3 Å². The Morgan fingerprint density at radius 1 is 1.19 bits per heavy atom. The van der Waals surface area contributed by atoms with E-state index in [0.717, 1.165) is 16.7 Å². The summed E-state index contributed by atoms with van der Waals surface area (Å²) in [6, 6.07) is 9.63. The van der Waals surface area contributed by atoms with Crippen LogP contribution in [0.25, 0.3) is 5.57 Å². The van der Waals surface area contributed by atoms with Crippen LogP contribution in [0.15, 0.2) is 47.2 Å². The fourth-order valence-corrected chi connectivity index (χ4v) is 4.08. The molecule has 2 aromatic rings. The van der Waals surface area contributed by atoms with E-state index < -0.39 is 11.9 Å². The highest BCUT2D eigenvalue weighted by Gasteiger charge is 2.40. The van der Waals surface area contributed by atoms with Crippen molar-refractivity contribution < 1.29 is 19.1 Å². The maximum absolute atomic E-state index is 12.9. The van der Waals surface area contributed by atoms with Gasteiger partial charge in [-0.1, -0.05) is 18.2 Å². The van der Waals surface area contributed by atoms with Crippen molar-refractivity contribution in [3.63, 3.8) is 0 Å². The average Bonchev–Trinajstić information content (AvgIpc) is 3.16. The molecule has 136 valence electrons. The van der Waals surface area contributed by atoms with Crippen LogP contribution in [0.1, 0.15) is 37.3 Å². The van der Waals surface area contributed by atoms with Gasteiger partial charge in [0.25, 0.3) is 0 Å². The number of ketones is 1. The highest BCUT2D eigenvalue weighted by Crippen LogP contribution is 2.43. The molecule has 0 N–H and O–H groups in total. The summed E-state index contributed by atoms with van der Waals surface area (Å²) >= 11 is 1.59. The molecule has 0 radical (unpaired) electrons. The first kappa shape index (κ1) is 18.4. The predicted octanol–water partition coefficient (Wildman–Crippen LogP) is 4.47. The molecule has 1 aromatic carbocycles. The molecule has 26 heavy (non-hydrogen) atoms. The van der Waals surface area contributed by atoms with E-state index in [1.54, 1.807) is 24.3 Å². The van der Waals surface area contributed by atoms with Crippen molar-refractivity contribution in [2.45, 2.75) is 26.2 Å². The Morgan fingerprint density at radius 2 is 2.00 bits per heavy atom. The molecule has 0 unspecified atom stereocenters. The van der Waals surface area contributed by atoms with Gasteiger partial charge < -0.3 is 9.47 Å². The number of esters is 1. The largest absolute Gasteiger partial charge is 0.494 e. The molecule has 3 rings (SSSR count). The Kier molecular flexibility index (Phi) is 5.89. The van der Waals surface area contributed by atoms with Crippen molar-refractivity contribution >= 4 is 28.7 Å². The lowest BCUT2D eigenvalue weighted by Crippen LogP contribution is -2.34. The SMILES string of the molecule is CCOC(=O)[C@@H]1C(=O)C=C(c2ccsc2)C[C@H]1c1ccccc1OCC. The van der Waals surface area contributed by atoms with Gasteiger partial charge in [0.1, 0.15) is 11.7 Å². The number of rotatable bonds is 6. The molecule has 0 saturated carbocycles. The summed E-state index contributed by atoms with van der Waals surface area (Å²) < 4.78 is 11.0. The lowest BCUT2D eigenvalue weighted by molar-refractivity contribution is -0.151. The number of thiophene rings is 1. The van der Waals surface area contributed by atoms with Gasteiger partial charge in [-0.05, 0) is 65.9 Å². The molecule has 0 saturated heterocycles. The summed E-state index contributed by atoms with van der Waals surface area (Å²) in [6.07, 6.45) is 2.19. The van der Waals surface area contributed by atoms with E-state index in [1.807, 2.05) is 48.0 Å². The van der Waals surface area contributed by atoms with Crippen LogP contribution < -0.4 is 4.74 Å². The summed E-state index contributed by atoms with van der Waals surface area (Å²) in [5.74, 6) is -1.08. The van der Waals surface area contributed by atoms with Gasteiger partial charge in [-0.15, -0.1) is 0 Å². The van der Waals surface area contributed by atoms with Crippen LogP contribution in [0.5, 0.6) is 5.75 Å². The van der Waals surface area contributed by atoms with Crippen molar-refractivity contribution in [3.05, 3.63) is 58.3 Å². The molecular formula is C21H22O4S. The third-order valence-corrected chi connectivity index (χ3v) is 5.20. The molecule has 0 amide bonds. The number of para-hydroxylation sites is 1. The maximum atomic E-state index is 12.9. The zero-order valence-corrected chi connectivity index (χ0v) is 15.8. The average molecular weight is 370 g/mol. The lowest BCUT2D eigenvalue weighted by atomic mass is 9.73. The van der Waals surface area contributed by atoms with E-state index in [2.05, 4.69) is 0 Å². The second-order valence-corrected chi connectivity index (χ2v) is 6.88. The van der Waals surface area contributed by atoms with E-state index in [1.165, 1.54) is 0 Å². The smallest absolute Gasteiger partial charge is 0.317 e. The molecule has 1 aliphatic rings. The van der Waals surface area contributed by atoms with Crippen molar-refractivity contribution in [1.29, 1.82) is 0 Å². The van der Waals surface area contributed by atoms with Crippen molar-refractivity contribution in [1.82, 2.24) is 0 Å². The van der Waals surface area contributed by atoms with Gasteiger partial charge in [0, 0.05) is 5.92 Å². The Hall–Kier alpha value is -2.40. The monoisotopic (exact) mass is 370 g/mol. The van der Waals surface area contributed by atoms with Gasteiger partial charge in [0.2, 0.25) is 0 Å². The highest BCUT2D eigenvalue weighted by atomic mass is 32.1. The lowest BCUT2D eigenvalue weighted by Gasteiger charge is -2.30. The maximum Gasteiger partial charge on any atom is 0.317 e. The molecule has 0 aliphatic heterocycles. The minimum Gasteiger partial charge on any atom is -0.494 e. The second kappa shape index (κ2) is 8.32. The van der Waals surface area contributed by atoms with E-state index in [-0.39, 0.29) is 18.3 Å². The van der Waals surface area contributed by atoms with Crippen molar-refractivity contribution in [2.75, 3.05) is 13.2 Å². The number of carbonyl (C=O) groups is 2. The summed E-state index contributed by atoms with van der Waals surface area (Å²) in [5, 5.41) is 4.01. The van der Waals surface area contributed by atoms with Crippen LogP contribution in [-0.2, 0) is 14.3 Å². The first-order chi connectivity index (χ1) is 12.7. The molecule has 5 heteroatoms. The number of allylic oxidation sites excluding steroid dienone is 2. The zero-order chi connectivity index (χ0) is 18.5. The normalized spacial score (nSPS) is 19.8. The number of ether oxygens (including phenoxy) is 2. The topological polar surface area (TPSA) is 52.6 Å². The zero-order valence-electron chi connectivity index (χ0n) is 14.9. The Balaban J connectivity index is 2.05. The van der Waals surface area contributed by atoms with Gasteiger partial charge in [-0.25, -0.2) is 0 Å². The predicted molar refractivity (Wildman–Crippen MR) is 102 cm³/mol. The quantitative estimate of drug-likeness (QED) is 0.556. The number of hydrogen-bond donors (Lipinski definition) is 0. The molecular weight excluding hydrogens is 348 g/mol. The minimum atomic E-state index is -0.834. The number of carbonyl (C=O) groups excluding carboxylic acids is 2. The molecule has 1 aliphatic carbocycles. The number of benzene rings is 1. The third-order valence-electron chi connectivity index (χ3n) is 4.52. The van der Waals surface area contributed by atoms with Crippen LogP contribution in [-0.4, -0.2) is 25.0 Å². The summed E-state index contributed by atoms with van der Waals surface area (Å²) in [6.45, 7) is 4.45. The minimum absolute atomic E-state index is 0.202. The van der Waals surface area contributed by atoms with Gasteiger partial charge >= 0.3 is 5.97 Å². The Labute approximate surface area is 157 Å². The molecule has 0 bridgehead atoms. The molecule has 2 atom stereocenters. The van der Waals surface area contributed by atoms with Crippen molar-refractivity contribution in [3.8, 4) is 5.75 Å². The fraction of sp³-hybridized carbons (Fsp3) is 0.333. The standard InChI is InChI=1S/C21H22O4S/c1-3-24-19-8-6-5-7-16(19)17-11-15(14-9-10-26-13-14)12-18(22)20(17)21(23)25-4-2/h5-10,12-13,17,20H,3-4,11H2,1-2H3/t17-,20-/m0/s1. The van der Waals surface area contributed by atoms with Crippen LogP contribution in [0.3, 0.4) is 0 Å². The first-order valence-electron chi connectivity index (χ1n) is 8.81. The number of hydrogen-bond acceptors (Lipinski definition) is 5. The van der Waals surface area contributed by atoms with E-state index in [0.29, 0.717) is 18.8 Å². The fourth-order valence-electron chi connectivity index (χ4n) is 3.40. The van der Waals surface area contributed by atoms with Crippen LogP contribution in [0, 0.1) is 5.92 Å².